The van der Waals surface area contributed by atoms with Crippen LogP contribution in [-0.4, -0.2) is 40.5 Å². The van der Waals surface area contributed by atoms with Crippen LogP contribution in [0, 0.1) is 12.3 Å². The summed E-state index contributed by atoms with van der Waals surface area (Å²) >= 11 is 2.90. The molecule has 0 radical (unpaired) electrons. The van der Waals surface area contributed by atoms with Gasteiger partial charge in [-0.25, -0.2) is 4.98 Å². The van der Waals surface area contributed by atoms with Crippen molar-refractivity contribution in [1.29, 1.82) is 0 Å². The number of nitrogens with one attached hydrogen (secondary N) is 1. The van der Waals surface area contributed by atoms with Gasteiger partial charge in [0.05, 0.1) is 30.3 Å². The molecular weight excluding hydrogens is 382 g/mol. The number of thiophene rings is 1. The largest absolute Gasteiger partial charge is 0.376 e. The molecule has 0 spiro atoms. The molecule has 4 rings (SSSR count). The monoisotopic (exact) mass is 403 g/mol. The van der Waals surface area contributed by atoms with E-state index in [9.17, 15) is 9.59 Å². The van der Waals surface area contributed by atoms with Gasteiger partial charge in [-0.05, 0) is 37.7 Å². The Kier molecular flexibility index (Phi) is 5.53. The minimum absolute atomic E-state index is 0.00133. The van der Waals surface area contributed by atoms with Crippen LogP contribution in [0.2, 0.25) is 0 Å². The zero-order valence-electron chi connectivity index (χ0n) is 15.0. The SMILES string of the molecule is C#CCNC(=O)CSc1nc2sc3c(c2c(=O)n1C[C@H]1CCCO1)CCC3. The maximum Gasteiger partial charge on any atom is 0.263 e. The molecular formula is C19H21N3O3S2. The second-order valence-corrected chi connectivity index (χ2v) is 8.78. The lowest BCUT2D eigenvalue weighted by Crippen LogP contribution is -2.30. The van der Waals surface area contributed by atoms with Crippen molar-refractivity contribution < 1.29 is 9.53 Å². The van der Waals surface area contributed by atoms with Crippen molar-refractivity contribution in [3.05, 3.63) is 20.8 Å². The first-order chi connectivity index (χ1) is 13.2. The van der Waals surface area contributed by atoms with Crippen molar-refractivity contribution in [3.63, 3.8) is 0 Å². The number of rotatable bonds is 6. The molecule has 0 saturated carbocycles. The van der Waals surface area contributed by atoms with Gasteiger partial charge in [0, 0.05) is 11.5 Å². The van der Waals surface area contributed by atoms with Crippen LogP contribution in [0.5, 0.6) is 0 Å². The molecule has 142 valence electrons. The first kappa shape index (κ1) is 18.5. The molecule has 2 aromatic rings. The number of aryl methyl sites for hydroxylation is 2. The van der Waals surface area contributed by atoms with Gasteiger partial charge in [0.15, 0.2) is 5.16 Å². The fourth-order valence-electron chi connectivity index (χ4n) is 3.65. The van der Waals surface area contributed by atoms with Gasteiger partial charge in [-0.2, -0.15) is 0 Å². The fourth-order valence-corrected chi connectivity index (χ4v) is 5.79. The van der Waals surface area contributed by atoms with Crippen molar-refractivity contribution in [3.8, 4) is 12.3 Å². The number of fused-ring (bicyclic) bond motifs is 3. The lowest BCUT2D eigenvalue weighted by Gasteiger charge is -2.16. The van der Waals surface area contributed by atoms with E-state index in [0.717, 1.165) is 48.9 Å². The number of hydrogen-bond donors (Lipinski definition) is 1. The molecule has 6 nitrogen and oxygen atoms in total. The first-order valence-electron chi connectivity index (χ1n) is 9.17. The van der Waals surface area contributed by atoms with Crippen molar-refractivity contribution in [2.24, 2.45) is 0 Å². The third kappa shape index (κ3) is 3.77. The van der Waals surface area contributed by atoms with Gasteiger partial charge in [-0.3, -0.25) is 14.2 Å². The first-order valence-corrected chi connectivity index (χ1v) is 11.0. The maximum atomic E-state index is 13.3. The number of thioether (sulfide) groups is 1. The highest BCUT2D eigenvalue weighted by Gasteiger charge is 2.25. The van der Waals surface area contributed by atoms with Crippen LogP contribution in [0.3, 0.4) is 0 Å². The van der Waals surface area contributed by atoms with Crippen LogP contribution < -0.4 is 10.9 Å². The molecule has 3 heterocycles. The van der Waals surface area contributed by atoms with E-state index in [1.807, 2.05) is 0 Å². The molecule has 0 unspecified atom stereocenters. The number of ether oxygens (including phenoxy) is 1. The zero-order chi connectivity index (χ0) is 18.8. The molecule has 8 heteroatoms. The molecule has 1 amide bonds. The molecule has 1 saturated heterocycles. The van der Waals surface area contributed by atoms with E-state index < -0.39 is 0 Å². The molecule has 1 aliphatic carbocycles. The summed E-state index contributed by atoms with van der Waals surface area (Å²) in [5.74, 6) is 2.40. The molecule has 1 aliphatic heterocycles. The Hall–Kier alpha value is -1.82. The van der Waals surface area contributed by atoms with Crippen LogP contribution in [0.25, 0.3) is 10.2 Å². The van der Waals surface area contributed by atoms with Gasteiger partial charge in [-0.15, -0.1) is 17.8 Å². The summed E-state index contributed by atoms with van der Waals surface area (Å²) in [6.07, 6.45) is 10.2. The van der Waals surface area contributed by atoms with Crippen molar-refractivity contribution in [2.45, 2.75) is 49.9 Å². The average Bonchev–Trinajstić information content (AvgIpc) is 3.37. The number of hydrogen-bond acceptors (Lipinski definition) is 6. The van der Waals surface area contributed by atoms with Gasteiger partial charge >= 0.3 is 0 Å². The van der Waals surface area contributed by atoms with Crippen molar-refractivity contribution in [1.82, 2.24) is 14.9 Å². The highest BCUT2D eigenvalue weighted by molar-refractivity contribution is 7.99. The van der Waals surface area contributed by atoms with E-state index in [1.54, 1.807) is 15.9 Å². The maximum absolute atomic E-state index is 13.3. The summed E-state index contributed by atoms with van der Waals surface area (Å²) in [5.41, 5.74) is 1.18. The molecule has 0 bridgehead atoms. The van der Waals surface area contributed by atoms with E-state index in [4.69, 9.17) is 16.1 Å². The van der Waals surface area contributed by atoms with Crippen LogP contribution in [0.1, 0.15) is 29.7 Å². The van der Waals surface area contributed by atoms with E-state index in [2.05, 4.69) is 11.2 Å². The predicted octanol–water partition coefficient (Wildman–Crippen LogP) is 1.97. The number of carbonyl (C=O) groups excluding carboxylic acids is 1. The number of carbonyl (C=O) groups is 1. The third-order valence-electron chi connectivity index (χ3n) is 4.92. The van der Waals surface area contributed by atoms with Gasteiger partial charge in [0.25, 0.3) is 5.56 Å². The third-order valence-corrected chi connectivity index (χ3v) is 7.08. The topological polar surface area (TPSA) is 73.2 Å². The van der Waals surface area contributed by atoms with Crippen molar-refractivity contribution in [2.75, 3.05) is 18.9 Å². The van der Waals surface area contributed by atoms with Crippen LogP contribution >= 0.6 is 23.1 Å². The van der Waals surface area contributed by atoms with Crippen molar-refractivity contribution >= 4 is 39.2 Å². The smallest absolute Gasteiger partial charge is 0.263 e. The van der Waals surface area contributed by atoms with E-state index in [1.165, 1.54) is 22.2 Å². The molecule has 2 aliphatic rings. The van der Waals surface area contributed by atoms with Gasteiger partial charge in [0.2, 0.25) is 5.91 Å². The Balaban J connectivity index is 1.68. The Labute approximate surface area is 165 Å². The summed E-state index contributed by atoms with van der Waals surface area (Å²) < 4.78 is 7.45. The molecule has 1 atom stereocenters. The molecule has 2 aromatic heterocycles. The number of terminal acetylenes is 1. The summed E-state index contributed by atoms with van der Waals surface area (Å²) in [6, 6.07) is 0. The number of aromatic nitrogens is 2. The standard InChI is InChI=1S/C19H21N3O3S2/c1-2-8-20-15(23)11-26-19-21-17-16(13-6-3-7-14(13)27-17)18(24)22(19)10-12-5-4-9-25-12/h1,12H,3-11H2,(H,20,23)/t12-/m1/s1. The minimum atomic E-state index is -0.162. The second-order valence-electron chi connectivity index (χ2n) is 6.75. The Morgan fingerprint density at radius 1 is 1.44 bits per heavy atom. The van der Waals surface area contributed by atoms with E-state index in [-0.39, 0.29) is 29.9 Å². The predicted molar refractivity (Wildman–Crippen MR) is 107 cm³/mol. The molecule has 1 fully saturated rings. The lowest BCUT2D eigenvalue weighted by molar-refractivity contribution is -0.118. The molecule has 1 N–H and O–H groups in total. The second kappa shape index (κ2) is 8.05. The summed E-state index contributed by atoms with van der Waals surface area (Å²) in [6.45, 7) is 1.42. The van der Waals surface area contributed by atoms with E-state index in [0.29, 0.717) is 11.7 Å². The molecule has 0 aromatic carbocycles. The summed E-state index contributed by atoms with van der Waals surface area (Å²) in [4.78, 5) is 32.1. The summed E-state index contributed by atoms with van der Waals surface area (Å²) in [5, 5.41) is 4.00. The van der Waals surface area contributed by atoms with Crippen LogP contribution in [0.4, 0.5) is 0 Å². The fraction of sp³-hybridized carbons (Fsp3) is 0.526. The molecule has 27 heavy (non-hydrogen) atoms. The number of amides is 1. The van der Waals surface area contributed by atoms with Crippen LogP contribution in [0.15, 0.2) is 9.95 Å². The number of nitrogens with zero attached hydrogens (tertiary/aromatic N) is 2. The normalized spacial score (nSPS) is 18.6. The van der Waals surface area contributed by atoms with Gasteiger partial charge in [-0.1, -0.05) is 17.7 Å². The Bertz CT molecular complexity index is 967. The highest BCUT2D eigenvalue weighted by Crippen LogP contribution is 2.35. The van der Waals surface area contributed by atoms with Gasteiger partial charge < -0.3 is 10.1 Å². The Morgan fingerprint density at radius 2 is 2.33 bits per heavy atom. The van der Waals surface area contributed by atoms with Gasteiger partial charge in [0.1, 0.15) is 4.83 Å². The van der Waals surface area contributed by atoms with E-state index >= 15 is 0 Å². The average molecular weight is 404 g/mol. The van der Waals surface area contributed by atoms with Crippen LogP contribution in [-0.2, 0) is 28.9 Å². The minimum Gasteiger partial charge on any atom is -0.376 e. The summed E-state index contributed by atoms with van der Waals surface area (Å²) in [7, 11) is 0. The Morgan fingerprint density at radius 3 is 3.11 bits per heavy atom. The highest BCUT2D eigenvalue weighted by atomic mass is 32.2. The lowest BCUT2D eigenvalue weighted by atomic mass is 10.2. The zero-order valence-corrected chi connectivity index (χ0v) is 16.6. The quantitative estimate of drug-likeness (QED) is 0.454.